The molecule has 0 radical (unpaired) electrons. The molecule has 0 aliphatic carbocycles. The molecule has 0 saturated heterocycles. The minimum absolute atomic E-state index is 0.173. The molecule has 436 valence electrons. The highest BCUT2D eigenvalue weighted by Crippen LogP contribution is 2.43. The Morgan fingerprint density at radius 1 is 0.378 bits per heavy atom. The van der Waals surface area contributed by atoms with Crippen LogP contribution in [0, 0.1) is 0 Å². The summed E-state index contributed by atoms with van der Waals surface area (Å²) < 4.78 is 39.6. The molecule has 0 aromatic heterocycles. The van der Waals surface area contributed by atoms with Gasteiger partial charge in [-0.2, -0.15) is 0 Å². The molecule has 0 amide bonds. The largest absolute Gasteiger partial charge is 0.472 e. The van der Waals surface area contributed by atoms with Gasteiger partial charge in [-0.15, -0.1) is 0 Å². The van der Waals surface area contributed by atoms with Crippen LogP contribution in [0.1, 0.15) is 316 Å². The third-order valence-electron chi connectivity index (χ3n) is 13.9. The second kappa shape index (κ2) is 57.1. The zero-order valence-electron chi connectivity index (χ0n) is 48.3. The normalized spacial score (nSPS) is 13.4. The van der Waals surface area contributed by atoms with Gasteiger partial charge in [-0.3, -0.25) is 23.4 Å². The summed E-state index contributed by atoms with van der Waals surface area (Å²) in [5, 5.41) is 9.83. The summed E-state index contributed by atoms with van der Waals surface area (Å²) in [6.45, 7) is 4.68. The molecule has 2 N–H and O–H groups in total. The molecule has 0 heterocycles. The van der Waals surface area contributed by atoms with Crippen molar-refractivity contribution in [3.05, 3.63) is 24.3 Å². The number of hydrogen-bond donors (Lipinski definition) is 2. The Hall–Kier alpha value is -2.04. The lowest BCUT2D eigenvalue weighted by Crippen LogP contribution is -2.30. The van der Waals surface area contributed by atoms with Crippen LogP contribution in [0.3, 0.4) is 0 Å². The number of phosphoric acid groups is 1. The second-order valence-electron chi connectivity index (χ2n) is 21.2. The van der Waals surface area contributed by atoms with Gasteiger partial charge in [0.2, 0.25) is 0 Å². The lowest BCUT2D eigenvalue weighted by Gasteiger charge is -2.21. The zero-order valence-corrected chi connectivity index (χ0v) is 49.2. The van der Waals surface area contributed by atoms with E-state index in [0.29, 0.717) is 19.3 Å². The number of unbranched alkanes of at least 4 members (excludes halogenated alkanes) is 38. The molecule has 0 spiro atoms. The smallest absolute Gasteiger partial charge is 0.462 e. The van der Waals surface area contributed by atoms with E-state index in [4.69, 9.17) is 23.3 Å². The van der Waals surface area contributed by atoms with E-state index >= 15 is 0 Å². The van der Waals surface area contributed by atoms with Gasteiger partial charge in [-0.05, 0) is 51.4 Å². The number of carbonyl (C=O) groups is 3. The molecule has 0 aliphatic heterocycles. The Morgan fingerprint density at radius 3 is 1.03 bits per heavy atom. The van der Waals surface area contributed by atoms with E-state index in [-0.39, 0.29) is 25.9 Å². The number of rotatable bonds is 59. The Morgan fingerprint density at radius 2 is 0.662 bits per heavy atom. The van der Waals surface area contributed by atoms with E-state index in [2.05, 4.69) is 45.1 Å². The van der Waals surface area contributed by atoms with Crippen LogP contribution >= 0.6 is 7.82 Å². The van der Waals surface area contributed by atoms with Gasteiger partial charge in [0.1, 0.15) is 12.7 Å². The molecule has 74 heavy (non-hydrogen) atoms. The molecule has 0 aliphatic rings. The molecule has 12 heteroatoms. The quantitative estimate of drug-likeness (QED) is 0.0197. The maximum Gasteiger partial charge on any atom is 0.472 e. The predicted octanol–water partition coefficient (Wildman–Crippen LogP) is 18.6. The number of allylic oxidation sites excluding steroid dienone is 4. The summed E-state index contributed by atoms with van der Waals surface area (Å²) in [5.74, 6) is -1.44. The van der Waals surface area contributed by atoms with Gasteiger partial charge < -0.3 is 24.2 Å². The standard InChI is InChI=1S/C62H117O11P/c1-4-7-10-13-16-19-22-25-28-29-32-33-36-39-42-45-48-51-60(64)69-55-59(73-62(66)53-50-47-44-41-38-35-31-27-24-21-18-15-12-9-6-3)57-71-74(67,68)70-56-58(54-63)72-61(65)52-49-46-43-40-37-34-30-26-23-20-17-14-11-8-5-2/h16,19,25,28,58-59,63H,4-15,17-18,20-24,26-27,29-57H2,1-3H3,(H,67,68)/b19-16-,28-25-. The lowest BCUT2D eigenvalue weighted by molar-refractivity contribution is -0.161. The Balaban J connectivity index is 4.66. The van der Waals surface area contributed by atoms with E-state index in [9.17, 15) is 28.9 Å². The van der Waals surface area contributed by atoms with Crippen molar-refractivity contribution in [1.82, 2.24) is 0 Å². The molecule has 3 unspecified atom stereocenters. The van der Waals surface area contributed by atoms with Crippen LogP contribution in [0.2, 0.25) is 0 Å². The molecular formula is C62H117O11P. The topological polar surface area (TPSA) is 155 Å². The van der Waals surface area contributed by atoms with Crippen molar-refractivity contribution in [3.63, 3.8) is 0 Å². The molecule has 11 nitrogen and oxygen atoms in total. The lowest BCUT2D eigenvalue weighted by atomic mass is 10.0. The number of aliphatic hydroxyl groups is 1. The van der Waals surface area contributed by atoms with Crippen LogP contribution in [0.25, 0.3) is 0 Å². The first-order valence-corrected chi connectivity index (χ1v) is 32.7. The van der Waals surface area contributed by atoms with Crippen molar-refractivity contribution in [2.45, 2.75) is 328 Å². The van der Waals surface area contributed by atoms with Crippen molar-refractivity contribution >= 4 is 25.7 Å². The first kappa shape index (κ1) is 72.0. The fourth-order valence-electron chi connectivity index (χ4n) is 9.10. The summed E-state index contributed by atoms with van der Waals surface area (Å²) in [5.41, 5.74) is 0. The van der Waals surface area contributed by atoms with Crippen molar-refractivity contribution in [2.75, 3.05) is 26.4 Å². The van der Waals surface area contributed by atoms with Gasteiger partial charge in [0.15, 0.2) is 6.10 Å². The summed E-state index contributed by atoms with van der Waals surface area (Å²) in [6, 6.07) is 0. The van der Waals surface area contributed by atoms with Gasteiger partial charge >= 0.3 is 25.7 Å². The molecule has 0 fully saturated rings. The van der Waals surface area contributed by atoms with Gasteiger partial charge in [-0.25, -0.2) is 4.57 Å². The van der Waals surface area contributed by atoms with Crippen molar-refractivity contribution in [2.24, 2.45) is 0 Å². The number of esters is 3. The summed E-state index contributed by atoms with van der Waals surface area (Å²) in [6.07, 6.45) is 58.4. The fourth-order valence-corrected chi connectivity index (χ4v) is 9.88. The maximum absolute atomic E-state index is 12.9. The molecular weight excluding hydrogens is 952 g/mol. The van der Waals surface area contributed by atoms with Crippen LogP contribution in [-0.4, -0.2) is 66.5 Å². The third-order valence-corrected chi connectivity index (χ3v) is 14.8. The van der Waals surface area contributed by atoms with E-state index in [0.717, 1.165) is 70.6 Å². The monoisotopic (exact) mass is 1070 g/mol. The van der Waals surface area contributed by atoms with Gasteiger partial charge in [0.05, 0.1) is 19.8 Å². The van der Waals surface area contributed by atoms with Crippen molar-refractivity contribution < 1.29 is 52.2 Å². The van der Waals surface area contributed by atoms with E-state index < -0.39 is 57.8 Å². The Bertz CT molecular complexity index is 1340. The summed E-state index contributed by atoms with van der Waals surface area (Å²) >= 11 is 0. The molecule has 0 rings (SSSR count). The highest BCUT2D eigenvalue weighted by molar-refractivity contribution is 7.47. The van der Waals surface area contributed by atoms with Crippen molar-refractivity contribution in [3.8, 4) is 0 Å². The van der Waals surface area contributed by atoms with Gasteiger partial charge in [0, 0.05) is 19.3 Å². The Kier molecular flexibility index (Phi) is 55.6. The third kappa shape index (κ3) is 54.7. The maximum atomic E-state index is 12.9. The first-order chi connectivity index (χ1) is 36.2. The van der Waals surface area contributed by atoms with Crippen LogP contribution in [-0.2, 0) is 42.2 Å². The zero-order chi connectivity index (χ0) is 54.1. The Labute approximate surface area is 455 Å². The SMILES string of the molecule is CCCCC/C=C\C/C=C\CCCCCCCCCC(=O)OCC(COP(=O)(O)OCC(CO)OC(=O)CCCCCCCCCCCCCCCCC)OC(=O)CCCCCCCCCCCCCCCCC. The van der Waals surface area contributed by atoms with Crippen LogP contribution < -0.4 is 0 Å². The number of ether oxygens (including phenoxy) is 3. The first-order valence-electron chi connectivity index (χ1n) is 31.2. The van der Waals surface area contributed by atoms with E-state index in [1.807, 2.05) is 0 Å². The summed E-state index contributed by atoms with van der Waals surface area (Å²) in [4.78, 5) is 48.6. The van der Waals surface area contributed by atoms with Gasteiger partial charge in [-0.1, -0.05) is 270 Å². The highest BCUT2D eigenvalue weighted by Gasteiger charge is 2.28. The number of carbonyl (C=O) groups excluding carboxylic acids is 3. The van der Waals surface area contributed by atoms with Crippen molar-refractivity contribution in [1.29, 1.82) is 0 Å². The van der Waals surface area contributed by atoms with Gasteiger partial charge in [0.25, 0.3) is 0 Å². The molecule has 0 aromatic rings. The average molecular weight is 1070 g/mol. The minimum Gasteiger partial charge on any atom is -0.462 e. The van der Waals surface area contributed by atoms with Crippen LogP contribution in [0.4, 0.5) is 0 Å². The number of phosphoric ester groups is 1. The molecule has 0 bridgehead atoms. The molecule has 0 aromatic carbocycles. The molecule has 0 saturated carbocycles. The molecule has 3 atom stereocenters. The highest BCUT2D eigenvalue weighted by atomic mass is 31.2. The summed E-state index contributed by atoms with van der Waals surface area (Å²) in [7, 11) is -4.74. The van der Waals surface area contributed by atoms with Crippen LogP contribution in [0.15, 0.2) is 24.3 Å². The van der Waals surface area contributed by atoms with E-state index in [1.54, 1.807) is 0 Å². The van der Waals surface area contributed by atoms with E-state index in [1.165, 1.54) is 186 Å². The van der Waals surface area contributed by atoms with Crippen LogP contribution in [0.5, 0.6) is 0 Å². The number of hydrogen-bond acceptors (Lipinski definition) is 10. The fraction of sp³-hybridized carbons (Fsp3) is 0.887. The minimum atomic E-state index is -4.74. The number of aliphatic hydroxyl groups excluding tert-OH is 1. The average Bonchev–Trinajstić information content (AvgIpc) is 3.39. The second-order valence-corrected chi connectivity index (χ2v) is 22.7. The predicted molar refractivity (Wildman–Crippen MR) is 307 cm³/mol.